The van der Waals surface area contributed by atoms with Gasteiger partial charge in [0.25, 0.3) is 5.91 Å². The molecule has 0 saturated carbocycles. The van der Waals surface area contributed by atoms with E-state index in [2.05, 4.69) is 26.5 Å². The first-order valence-electron chi connectivity index (χ1n) is 6.51. The molecule has 0 bridgehead atoms. The van der Waals surface area contributed by atoms with Crippen molar-refractivity contribution in [1.29, 1.82) is 0 Å². The Kier molecular flexibility index (Phi) is 5.51. The van der Waals surface area contributed by atoms with Crippen LogP contribution in [0.3, 0.4) is 0 Å². The lowest BCUT2D eigenvalue weighted by atomic mass is 10.2. The Morgan fingerprint density at radius 1 is 1.29 bits per heavy atom. The standard InChI is InChI=1S/C16H15BrN2O2/c1-2-21-15-9-8-13(17)10-14(15)16(20)19-18-11-12-6-4-3-5-7-12/h3-11H,2H2,1H3,(H,19,20)/b18-11-. The predicted octanol–water partition coefficient (Wildman–Crippen LogP) is 3.61. The number of carbonyl (C=O) groups is 1. The maximum atomic E-state index is 12.2. The molecule has 1 N–H and O–H groups in total. The molecule has 1 amide bonds. The molecule has 0 saturated heterocycles. The summed E-state index contributed by atoms with van der Waals surface area (Å²) >= 11 is 3.35. The summed E-state index contributed by atoms with van der Waals surface area (Å²) < 4.78 is 6.25. The van der Waals surface area contributed by atoms with Crippen molar-refractivity contribution in [3.05, 3.63) is 64.1 Å². The summed E-state index contributed by atoms with van der Waals surface area (Å²) in [5, 5.41) is 3.95. The van der Waals surface area contributed by atoms with E-state index in [1.807, 2.05) is 43.3 Å². The number of nitrogens with zero attached hydrogens (tertiary/aromatic N) is 1. The van der Waals surface area contributed by atoms with E-state index < -0.39 is 0 Å². The summed E-state index contributed by atoms with van der Waals surface area (Å²) in [6.45, 7) is 2.37. The molecule has 21 heavy (non-hydrogen) atoms. The molecule has 2 aromatic carbocycles. The Bertz CT molecular complexity index is 642. The van der Waals surface area contributed by atoms with E-state index in [9.17, 15) is 4.79 Å². The molecule has 0 aliphatic heterocycles. The highest BCUT2D eigenvalue weighted by atomic mass is 79.9. The first-order valence-corrected chi connectivity index (χ1v) is 7.31. The molecule has 5 heteroatoms. The molecule has 0 unspecified atom stereocenters. The maximum Gasteiger partial charge on any atom is 0.275 e. The van der Waals surface area contributed by atoms with Gasteiger partial charge < -0.3 is 4.74 Å². The van der Waals surface area contributed by atoms with Crippen molar-refractivity contribution >= 4 is 28.1 Å². The van der Waals surface area contributed by atoms with Gasteiger partial charge in [-0.15, -0.1) is 0 Å². The molecular formula is C16H15BrN2O2. The Labute approximate surface area is 132 Å². The van der Waals surface area contributed by atoms with Crippen LogP contribution in [-0.4, -0.2) is 18.7 Å². The zero-order valence-corrected chi connectivity index (χ0v) is 13.1. The van der Waals surface area contributed by atoms with Crippen molar-refractivity contribution in [2.75, 3.05) is 6.61 Å². The van der Waals surface area contributed by atoms with E-state index in [4.69, 9.17) is 4.74 Å². The molecule has 0 atom stereocenters. The van der Waals surface area contributed by atoms with Crippen molar-refractivity contribution in [3.63, 3.8) is 0 Å². The van der Waals surface area contributed by atoms with Gasteiger partial charge in [-0.1, -0.05) is 46.3 Å². The minimum atomic E-state index is -0.313. The molecule has 2 rings (SSSR count). The molecule has 4 nitrogen and oxygen atoms in total. The van der Waals surface area contributed by atoms with Crippen LogP contribution in [0.4, 0.5) is 0 Å². The van der Waals surface area contributed by atoms with Gasteiger partial charge in [0, 0.05) is 4.47 Å². The SMILES string of the molecule is CCOc1ccc(Br)cc1C(=O)N/N=C\c1ccccc1. The predicted molar refractivity (Wildman–Crippen MR) is 86.8 cm³/mol. The van der Waals surface area contributed by atoms with Crippen LogP contribution in [0.1, 0.15) is 22.8 Å². The van der Waals surface area contributed by atoms with E-state index in [0.29, 0.717) is 17.9 Å². The zero-order valence-electron chi connectivity index (χ0n) is 11.5. The fourth-order valence-electron chi connectivity index (χ4n) is 1.73. The van der Waals surface area contributed by atoms with Crippen LogP contribution in [0.2, 0.25) is 0 Å². The molecule has 2 aromatic rings. The van der Waals surface area contributed by atoms with Gasteiger partial charge in [-0.05, 0) is 30.7 Å². The van der Waals surface area contributed by atoms with Crippen LogP contribution in [0.25, 0.3) is 0 Å². The zero-order chi connectivity index (χ0) is 15.1. The van der Waals surface area contributed by atoms with Crippen LogP contribution in [0, 0.1) is 0 Å². The number of benzene rings is 2. The lowest BCUT2D eigenvalue weighted by molar-refractivity contribution is 0.0951. The number of hydrogen-bond donors (Lipinski definition) is 1. The number of nitrogens with one attached hydrogen (secondary N) is 1. The van der Waals surface area contributed by atoms with Gasteiger partial charge in [0.2, 0.25) is 0 Å². The Hall–Kier alpha value is -2.14. The largest absolute Gasteiger partial charge is 0.493 e. The lowest BCUT2D eigenvalue weighted by Crippen LogP contribution is -2.18. The number of hydrogen-bond acceptors (Lipinski definition) is 3. The molecule has 0 radical (unpaired) electrons. The fraction of sp³-hybridized carbons (Fsp3) is 0.125. The normalized spacial score (nSPS) is 10.6. The second-order valence-electron chi connectivity index (χ2n) is 4.18. The number of amides is 1. The van der Waals surface area contributed by atoms with Crippen LogP contribution in [-0.2, 0) is 0 Å². The number of rotatable bonds is 5. The fourth-order valence-corrected chi connectivity index (χ4v) is 2.09. The van der Waals surface area contributed by atoms with Crippen molar-refractivity contribution in [1.82, 2.24) is 5.43 Å². The minimum absolute atomic E-state index is 0.313. The Morgan fingerprint density at radius 3 is 2.76 bits per heavy atom. The lowest BCUT2D eigenvalue weighted by Gasteiger charge is -2.09. The average Bonchev–Trinajstić information content (AvgIpc) is 2.50. The van der Waals surface area contributed by atoms with Crippen LogP contribution in [0.15, 0.2) is 58.1 Å². The first-order chi connectivity index (χ1) is 10.2. The highest BCUT2D eigenvalue weighted by molar-refractivity contribution is 9.10. The second-order valence-corrected chi connectivity index (χ2v) is 5.10. The summed E-state index contributed by atoms with van der Waals surface area (Å²) in [7, 11) is 0. The monoisotopic (exact) mass is 346 g/mol. The van der Waals surface area contributed by atoms with Gasteiger partial charge >= 0.3 is 0 Å². The highest BCUT2D eigenvalue weighted by Gasteiger charge is 2.12. The summed E-state index contributed by atoms with van der Waals surface area (Å²) in [6.07, 6.45) is 1.59. The molecule has 108 valence electrons. The van der Waals surface area contributed by atoms with Gasteiger partial charge in [-0.25, -0.2) is 5.43 Å². The molecule has 0 aliphatic rings. The van der Waals surface area contributed by atoms with Gasteiger partial charge in [-0.3, -0.25) is 4.79 Å². The molecule has 0 spiro atoms. The Balaban J connectivity index is 2.09. The summed E-state index contributed by atoms with van der Waals surface area (Å²) in [4.78, 5) is 12.2. The summed E-state index contributed by atoms with van der Waals surface area (Å²) in [5.74, 6) is 0.222. The van der Waals surface area contributed by atoms with E-state index >= 15 is 0 Å². The third-order valence-electron chi connectivity index (χ3n) is 2.67. The van der Waals surface area contributed by atoms with E-state index in [1.54, 1.807) is 18.3 Å². The van der Waals surface area contributed by atoms with Crippen molar-refractivity contribution in [2.45, 2.75) is 6.92 Å². The van der Waals surface area contributed by atoms with E-state index in [1.165, 1.54) is 0 Å². The quantitative estimate of drug-likeness (QED) is 0.664. The second kappa shape index (κ2) is 7.59. The van der Waals surface area contributed by atoms with Gasteiger partial charge in [0.15, 0.2) is 0 Å². The van der Waals surface area contributed by atoms with Crippen molar-refractivity contribution in [3.8, 4) is 5.75 Å². The number of ether oxygens (including phenoxy) is 1. The smallest absolute Gasteiger partial charge is 0.275 e. The van der Waals surface area contributed by atoms with Crippen LogP contribution < -0.4 is 10.2 Å². The highest BCUT2D eigenvalue weighted by Crippen LogP contribution is 2.23. The topological polar surface area (TPSA) is 50.7 Å². The third kappa shape index (κ3) is 4.43. The summed E-state index contributed by atoms with van der Waals surface area (Å²) in [5.41, 5.74) is 3.86. The molecule has 0 aliphatic carbocycles. The summed E-state index contributed by atoms with van der Waals surface area (Å²) in [6, 6.07) is 14.8. The average molecular weight is 347 g/mol. The van der Waals surface area contributed by atoms with Gasteiger partial charge in [-0.2, -0.15) is 5.10 Å². The maximum absolute atomic E-state index is 12.2. The van der Waals surface area contributed by atoms with Crippen molar-refractivity contribution < 1.29 is 9.53 Å². The first kappa shape index (κ1) is 15.3. The van der Waals surface area contributed by atoms with Crippen molar-refractivity contribution in [2.24, 2.45) is 5.10 Å². The third-order valence-corrected chi connectivity index (χ3v) is 3.16. The van der Waals surface area contributed by atoms with Gasteiger partial charge in [0.1, 0.15) is 5.75 Å². The van der Waals surface area contributed by atoms with Gasteiger partial charge in [0.05, 0.1) is 18.4 Å². The van der Waals surface area contributed by atoms with Crippen LogP contribution >= 0.6 is 15.9 Å². The van der Waals surface area contributed by atoms with E-state index in [-0.39, 0.29) is 5.91 Å². The molecular weight excluding hydrogens is 332 g/mol. The van der Waals surface area contributed by atoms with Crippen LogP contribution in [0.5, 0.6) is 5.75 Å². The Morgan fingerprint density at radius 2 is 2.05 bits per heavy atom. The molecule has 0 heterocycles. The number of carbonyl (C=O) groups excluding carboxylic acids is 1. The van der Waals surface area contributed by atoms with E-state index in [0.717, 1.165) is 10.0 Å². The molecule has 0 aromatic heterocycles. The number of halogens is 1. The number of hydrazone groups is 1. The molecule has 0 fully saturated rings. The minimum Gasteiger partial charge on any atom is -0.493 e.